The summed E-state index contributed by atoms with van der Waals surface area (Å²) in [5.74, 6) is 0. The standard InChI is InChI=1S/C14H18Cl2O/c1-13(2)6-7-14(17,9-13)8-10-11(15)4-3-5-12(10)16/h3-5,17H,6-9H2,1-2H3. The lowest BCUT2D eigenvalue weighted by Crippen LogP contribution is -2.29. The molecule has 1 nitrogen and oxygen atoms in total. The van der Waals surface area contributed by atoms with Crippen LogP contribution >= 0.6 is 23.2 Å². The third-order valence-electron chi connectivity index (χ3n) is 3.64. The van der Waals surface area contributed by atoms with Crippen molar-refractivity contribution in [3.63, 3.8) is 0 Å². The number of halogens is 2. The Bertz CT molecular complexity index is 408. The normalized spacial score (nSPS) is 27.4. The predicted molar refractivity (Wildman–Crippen MR) is 72.7 cm³/mol. The summed E-state index contributed by atoms with van der Waals surface area (Å²) in [4.78, 5) is 0. The van der Waals surface area contributed by atoms with Gasteiger partial charge >= 0.3 is 0 Å². The lowest BCUT2D eigenvalue weighted by atomic mass is 9.86. The monoisotopic (exact) mass is 272 g/mol. The van der Waals surface area contributed by atoms with Gasteiger partial charge in [-0.2, -0.15) is 0 Å². The summed E-state index contributed by atoms with van der Waals surface area (Å²) >= 11 is 12.3. The molecule has 1 aliphatic rings. The fourth-order valence-electron chi connectivity index (χ4n) is 2.82. The van der Waals surface area contributed by atoms with Crippen LogP contribution in [-0.4, -0.2) is 10.7 Å². The van der Waals surface area contributed by atoms with Crippen molar-refractivity contribution in [3.05, 3.63) is 33.8 Å². The van der Waals surface area contributed by atoms with Crippen LogP contribution in [0.5, 0.6) is 0 Å². The van der Waals surface area contributed by atoms with E-state index >= 15 is 0 Å². The summed E-state index contributed by atoms with van der Waals surface area (Å²) in [6, 6.07) is 5.48. The third kappa shape index (κ3) is 2.96. The van der Waals surface area contributed by atoms with Crippen molar-refractivity contribution < 1.29 is 5.11 Å². The molecule has 2 rings (SSSR count). The minimum Gasteiger partial charge on any atom is -0.390 e. The topological polar surface area (TPSA) is 20.2 Å². The molecule has 0 spiro atoms. The van der Waals surface area contributed by atoms with E-state index in [0.717, 1.165) is 24.8 Å². The van der Waals surface area contributed by atoms with Gasteiger partial charge in [-0.15, -0.1) is 0 Å². The zero-order valence-corrected chi connectivity index (χ0v) is 11.8. The Morgan fingerprint density at radius 2 is 1.76 bits per heavy atom. The highest BCUT2D eigenvalue weighted by molar-refractivity contribution is 6.36. The van der Waals surface area contributed by atoms with E-state index in [2.05, 4.69) is 13.8 Å². The second-order valence-corrected chi connectivity index (χ2v) is 6.76. The highest BCUT2D eigenvalue weighted by Crippen LogP contribution is 2.46. The van der Waals surface area contributed by atoms with Gasteiger partial charge in [-0.1, -0.05) is 43.1 Å². The summed E-state index contributed by atoms with van der Waals surface area (Å²) in [7, 11) is 0. The average molecular weight is 273 g/mol. The molecule has 1 atom stereocenters. The molecule has 1 unspecified atom stereocenters. The summed E-state index contributed by atoms with van der Waals surface area (Å²) in [6.07, 6.45) is 3.23. The van der Waals surface area contributed by atoms with Gasteiger partial charge in [0.2, 0.25) is 0 Å². The molecule has 1 N–H and O–H groups in total. The fourth-order valence-corrected chi connectivity index (χ4v) is 3.35. The van der Waals surface area contributed by atoms with Crippen LogP contribution in [0.2, 0.25) is 10.0 Å². The summed E-state index contributed by atoms with van der Waals surface area (Å²) in [5.41, 5.74) is 0.427. The smallest absolute Gasteiger partial charge is 0.0694 e. The van der Waals surface area contributed by atoms with Gasteiger partial charge in [0.05, 0.1) is 5.60 Å². The number of benzene rings is 1. The molecule has 1 aromatic carbocycles. The van der Waals surface area contributed by atoms with Crippen LogP contribution in [0.25, 0.3) is 0 Å². The van der Waals surface area contributed by atoms with Crippen molar-refractivity contribution in [3.8, 4) is 0 Å². The van der Waals surface area contributed by atoms with Crippen molar-refractivity contribution in [2.45, 2.75) is 45.1 Å². The van der Waals surface area contributed by atoms with E-state index in [0.29, 0.717) is 16.5 Å². The van der Waals surface area contributed by atoms with Crippen LogP contribution in [0, 0.1) is 5.41 Å². The van der Waals surface area contributed by atoms with E-state index in [4.69, 9.17) is 23.2 Å². The number of hydrogen-bond donors (Lipinski definition) is 1. The SMILES string of the molecule is CC1(C)CCC(O)(Cc2c(Cl)cccc2Cl)C1. The second-order valence-electron chi connectivity index (χ2n) is 5.94. The van der Waals surface area contributed by atoms with E-state index < -0.39 is 5.60 Å². The fraction of sp³-hybridized carbons (Fsp3) is 0.571. The molecule has 0 radical (unpaired) electrons. The van der Waals surface area contributed by atoms with E-state index in [1.165, 1.54) is 0 Å². The van der Waals surface area contributed by atoms with E-state index in [1.807, 2.05) is 18.2 Å². The molecular formula is C14H18Cl2O. The van der Waals surface area contributed by atoms with Gasteiger partial charge in [0, 0.05) is 16.5 Å². The minimum atomic E-state index is -0.655. The summed E-state index contributed by atoms with van der Waals surface area (Å²) in [5, 5.41) is 11.9. The quantitative estimate of drug-likeness (QED) is 0.842. The Kier molecular flexibility index (Phi) is 3.46. The zero-order chi connectivity index (χ0) is 12.7. The van der Waals surface area contributed by atoms with E-state index in [-0.39, 0.29) is 5.41 Å². The molecule has 17 heavy (non-hydrogen) atoms. The maximum Gasteiger partial charge on any atom is 0.0694 e. The molecule has 94 valence electrons. The summed E-state index contributed by atoms with van der Waals surface area (Å²) in [6.45, 7) is 4.39. The van der Waals surface area contributed by atoms with Crippen molar-refractivity contribution in [1.82, 2.24) is 0 Å². The van der Waals surface area contributed by atoms with Crippen LogP contribution < -0.4 is 0 Å². The molecule has 0 heterocycles. The Labute approximate surface area is 113 Å². The molecule has 1 aliphatic carbocycles. The van der Waals surface area contributed by atoms with Gasteiger partial charge < -0.3 is 5.11 Å². The van der Waals surface area contributed by atoms with E-state index in [9.17, 15) is 5.11 Å². The lowest BCUT2D eigenvalue weighted by molar-refractivity contribution is 0.0379. The van der Waals surface area contributed by atoms with Crippen molar-refractivity contribution in [2.75, 3.05) is 0 Å². The summed E-state index contributed by atoms with van der Waals surface area (Å²) < 4.78 is 0. The molecule has 1 saturated carbocycles. The van der Waals surface area contributed by atoms with Crippen LogP contribution in [0.4, 0.5) is 0 Å². The van der Waals surface area contributed by atoms with Crippen molar-refractivity contribution >= 4 is 23.2 Å². The maximum atomic E-state index is 10.6. The molecule has 1 aromatic rings. The molecule has 1 fully saturated rings. The van der Waals surface area contributed by atoms with Crippen LogP contribution in [0.3, 0.4) is 0 Å². The highest BCUT2D eigenvalue weighted by Gasteiger charge is 2.42. The molecule has 3 heteroatoms. The zero-order valence-electron chi connectivity index (χ0n) is 10.3. The van der Waals surface area contributed by atoms with Crippen molar-refractivity contribution in [2.24, 2.45) is 5.41 Å². The first kappa shape index (κ1) is 13.2. The molecule has 0 aliphatic heterocycles. The number of rotatable bonds is 2. The van der Waals surface area contributed by atoms with Gasteiger partial charge in [-0.05, 0) is 42.4 Å². The Morgan fingerprint density at radius 3 is 2.24 bits per heavy atom. The number of hydrogen-bond acceptors (Lipinski definition) is 1. The van der Waals surface area contributed by atoms with Crippen LogP contribution in [-0.2, 0) is 6.42 Å². The van der Waals surface area contributed by atoms with Crippen molar-refractivity contribution in [1.29, 1.82) is 0 Å². The average Bonchev–Trinajstić information content (AvgIpc) is 2.48. The lowest BCUT2D eigenvalue weighted by Gasteiger charge is -2.26. The third-order valence-corrected chi connectivity index (χ3v) is 4.35. The minimum absolute atomic E-state index is 0.211. The second kappa shape index (κ2) is 4.46. The first-order valence-electron chi connectivity index (χ1n) is 5.97. The molecule has 0 amide bonds. The molecule has 0 bridgehead atoms. The molecule has 0 saturated heterocycles. The molecular weight excluding hydrogens is 255 g/mol. The van der Waals surface area contributed by atoms with Gasteiger partial charge in [0.15, 0.2) is 0 Å². The molecule has 0 aromatic heterocycles. The first-order valence-corrected chi connectivity index (χ1v) is 6.72. The van der Waals surface area contributed by atoms with Crippen LogP contribution in [0.15, 0.2) is 18.2 Å². The Morgan fingerprint density at radius 1 is 1.18 bits per heavy atom. The Hall–Kier alpha value is -0.240. The van der Waals surface area contributed by atoms with Gasteiger partial charge in [0.1, 0.15) is 0 Å². The highest BCUT2D eigenvalue weighted by atomic mass is 35.5. The Balaban J connectivity index is 2.22. The van der Waals surface area contributed by atoms with Gasteiger partial charge in [0.25, 0.3) is 0 Å². The van der Waals surface area contributed by atoms with E-state index in [1.54, 1.807) is 0 Å². The first-order chi connectivity index (χ1) is 7.81. The van der Waals surface area contributed by atoms with Gasteiger partial charge in [-0.3, -0.25) is 0 Å². The number of aliphatic hydroxyl groups is 1. The largest absolute Gasteiger partial charge is 0.390 e. The van der Waals surface area contributed by atoms with Gasteiger partial charge in [-0.25, -0.2) is 0 Å². The van der Waals surface area contributed by atoms with Crippen LogP contribution in [0.1, 0.15) is 38.7 Å². The predicted octanol–water partition coefficient (Wildman–Crippen LogP) is 4.48. The maximum absolute atomic E-state index is 10.6.